The number of hydrogen-bond acceptors (Lipinski definition) is 3. The molecule has 0 radical (unpaired) electrons. The third kappa shape index (κ3) is 3.96. The van der Waals surface area contributed by atoms with Gasteiger partial charge in [-0.3, -0.25) is 4.79 Å². The van der Waals surface area contributed by atoms with E-state index >= 15 is 0 Å². The Balaban J connectivity index is 2.84. The normalized spacial score (nSPS) is 14.3. The molecule has 0 aliphatic rings. The Kier molecular flexibility index (Phi) is 5.36. The Hall–Kier alpha value is -1.55. The van der Waals surface area contributed by atoms with Crippen molar-refractivity contribution in [3.8, 4) is 0 Å². The van der Waals surface area contributed by atoms with E-state index in [-0.39, 0.29) is 6.54 Å². The minimum Gasteiger partial charge on any atom is -0.481 e. The van der Waals surface area contributed by atoms with Gasteiger partial charge < -0.3 is 16.6 Å². The van der Waals surface area contributed by atoms with Crippen molar-refractivity contribution in [2.24, 2.45) is 17.1 Å². The predicted octanol–water partition coefficient (Wildman–Crippen LogP) is 2.28. The van der Waals surface area contributed by atoms with E-state index in [0.717, 1.165) is 5.56 Å². The molecule has 1 aromatic rings. The van der Waals surface area contributed by atoms with Crippen LogP contribution in [-0.4, -0.2) is 17.6 Å². The topological polar surface area (TPSA) is 89.3 Å². The van der Waals surface area contributed by atoms with E-state index in [0.29, 0.717) is 30.9 Å². The van der Waals surface area contributed by atoms with E-state index in [4.69, 9.17) is 11.5 Å². The molecule has 0 heterocycles. The molecule has 0 aromatic heterocycles. The Morgan fingerprint density at radius 3 is 2.47 bits per heavy atom. The lowest BCUT2D eigenvalue weighted by Gasteiger charge is -2.30. The third-order valence-corrected chi connectivity index (χ3v) is 3.57. The second-order valence-corrected chi connectivity index (χ2v) is 5.59. The molecule has 1 rings (SSSR count). The molecular formula is C15H24N2O2. The van der Waals surface area contributed by atoms with E-state index in [9.17, 15) is 9.90 Å². The van der Waals surface area contributed by atoms with E-state index in [2.05, 4.69) is 0 Å². The number of carboxylic acid groups (broad SMARTS) is 1. The van der Waals surface area contributed by atoms with Gasteiger partial charge in [-0.2, -0.15) is 0 Å². The first kappa shape index (κ1) is 15.5. The zero-order chi connectivity index (χ0) is 14.5. The van der Waals surface area contributed by atoms with Crippen LogP contribution in [0.25, 0.3) is 0 Å². The molecule has 1 atom stereocenters. The average Bonchev–Trinajstić information content (AvgIpc) is 2.35. The number of hydrogen-bond donors (Lipinski definition) is 3. The molecule has 0 saturated carbocycles. The van der Waals surface area contributed by atoms with Gasteiger partial charge >= 0.3 is 5.97 Å². The van der Waals surface area contributed by atoms with Gasteiger partial charge in [0.05, 0.1) is 5.41 Å². The van der Waals surface area contributed by atoms with Gasteiger partial charge in [-0.25, -0.2) is 0 Å². The van der Waals surface area contributed by atoms with Crippen molar-refractivity contribution in [2.75, 3.05) is 12.3 Å². The molecule has 0 fully saturated rings. The number of carboxylic acids is 1. The maximum atomic E-state index is 11.6. The average molecular weight is 264 g/mol. The molecular weight excluding hydrogens is 240 g/mol. The Morgan fingerprint density at radius 2 is 2.00 bits per heavy atom. The largest absolute Gasteiger partial charge is 0.481 e. The first-order valence-corrected chi connectivity index (χ1v) is 6.68. The van der Waals surface area contributed by atoms with E-state index in [1.54, 1.807) is 0 Å². The molecule has 0 bridgehead atoms. The first-order chi connectivity index (χ1) is 8.91. The van der Waals surface area contributed by atoms with Crippen molar-refractivity contribution >= 4 is 11.7 Å². The van der Waals surface area contributed by atoms with Gasteiger partial charge in [-0.05, 0) is 36.8 Å². The zero-order valence-electron chi connectivity index (χ0n) is 11.7. The van der Waals surface area contributed by atoms with Gasteiger partial charge in [0.1, 0.15) is 0 Å². The summed E-state index contributed by atoms with van der Waals surface area (Å²) in [6.07, 6.45) is 1.75. The second-order valence-electron chi connectivity index (χ2n) is 5.59. The summed E-state index contributed by atoms with van der Waals surface area (Å²) in [6, 6.07) is 7.57. The van der Waals surface area contributed by atoms with E-state index in [1.807, 2.05) is 38.1 Å². The van der Waals surface area contributed by atoms with Gasteiger partial charge in [0.2, 0.25) is 0 Å². The number of nitrogens with two attached hydrogens (primary N) is 2. The molecule has 5 N–H and O–H groups in total. The molecule has 0 aliphatic carbocycles. The van der Waals surface area contributed by atoms with Crippen LogP contribution in [0.3, 0.4) is 0 Å². The highest BCUT2D eigenvalue weighted by Crippen LogP contribution is 2.32. The van der Waals surface area contributed by atoms with Gasteiger partial charge in [0, 0.05) is 12.2 Å². The monoisotopic (exact) mass is 264 g/mol. The highest BCUT2D eigenvalue weighted by Gasteiger charge is 2.37. The maximum absolute atomic E-state index is 11.6. The van der Waals surface area contributed by atoms with Crippen molar-refractivity contribution in [2.45, 2.75) is 33.1 Å². The zero-order valence-corrected chi connectivity index (χ0v) is 11.7. The van der Waals surface area contributed by atoms with Crippen molar-refractivity contribution in [1.29, 1.82) is 0 Å². The Labute approximate surface area is 114 Å². The first-order valence-electron chi connectivity index (χ1n) is 6.68. The van der Waals surface area contributed by atoms with E-state index in [1.165, 1.54) is 0 Å². The summed E-state index contributed by atoms with van der Waals surface area (Å²) < 4.78 is 0. The van der Waals surface area contributed by atoms with Crippen LogP contribution >= 0.6 is 0 Å². The summed E-state index contributed by atoms with van der Waals surface area (Å²) in [5.41, 5.74) is 12.5. The molecule has 0 amide bonds. The number of rotatable bonds is 7. The summed E-state index contributed by atoms with van der Waals surface area (Å²) in [4.78, 5) is 11.6. The Bertz CT molecular complexity index is 432. The highest BCUT2D eigenvalue weighted by atomic mass is 16.4. The van der Waals surface area contributed by atoms with Crippen LogP contribution in [0.5, 0.6) is 0 Å². The number of para-hydroxylation sites is 1. The number of aliphatic carboxylic acids is 1. The van der Waals surface area contributed by atoms with Crippen LogP contribution < -0.4 is 11.5 Å². The number of nitrogen functional groups attached to an aromatic ring is 1. The van der Waals surface area contributed by atoms with Crippen molar-refractivity contribution < 1.29 is 9.90 Å². The number of carbonyl (C=O) groups is 1. The molecule has 1 unspecified atom stereocenters. The summed E-state index contributed by atoms with van der Waals surface area (Å²) in [5.74, 6) is -0.508. The lowest BCUT2D eigenvalue weighted by atomic mass is 9.75. The fourth-order valence-corrected chi connectivity index (χ4v) is 2.49. The van der Waals surface area contributed by atoms with E-state index < -0.39 is 11.4 Å². The van der Waals surface area contributed by atoms with Crippen LogP contribution in [-0.2, 0) is 11.2 Å². The molecule has 4 heteroatoms. The highest BCUT2D eigenvalue weighted by molar-refractivity contribution is 5.75. The summed E-state index contributed by atoms with van der Waals surface area (Å²) in [6.45, 7) is 4.20. The summed E-state index contributed by atoms with van der Waals surface area (Å²) in [5, 5.41) is 9.51. The van der Waals surface area contributed by atoms with Crippen LogP contribution in [0, 0.1) is 11.3 Å². The lowest BCUT2D eigenvalue weighted by molar-refractivity contribution is -0.149. The Morgan fingerprint density at radius 1 is 1.37 bits per heavy atom. The van der Waals surface area contributed by atoms with Gasteiger partial charge in [-0.1, -0.05) is 32.0 Å². The molecule has 106 valence electrons. The van der Waals surface area contributed by atoms with Crippen LogP contribution in [0.15, 0.2) is 24.3 Å². The number of benzene rings is 1. The quantitative estimate of drug-likeness (QED) is 0.659. The van der Waals surface area contributed by atoms with Crippen LogP contribution in [0.4, 0.5) is 5.69 Å². The van der Waals surface area contributed by atoms with Gasteiger partial charge in [0.25, 0.3) is 0 Å². The smallest absolute Gasteiger partial charge is 0.310 e. The molecule has 0 spiro atoms. The van der Waals surface area contributed by atoms with Gasteiger partial charge in [-0.15, -0.1) is 0 Å². The standard InChI is InChI=1S/C15H24N2O2/c1-11(2)9-15(10-16,14(18)19)8-7-12-5-3-4-6-13(12)17/h3-6,11H,7-10,16-17H2,1-2H3,(H,18,19). The maximum Gasteiger partial charge on any atom is 0.310 e. The minimum atomic E-state index is -0.851. The summed E-state index contributed by atoms with van der Waals surface area (Å²) >= 11 is 0. The van der Waals surface area contributed by atoms with Gasteiger partial charge in [0.15, 0.2) is 0 Å². The lowest BCUT2D eigenvalue weighted by Crippen LogP contribution is -2.40. The van der Waals surface area contributed by atoms with Crippen LogP contribution in [0.2, 0.25) is 0 Å². The fraction of sp³-hybridized carbons (Fsp3) is 0.533. The van der Waals surface area contributed by atoms with Crippen molar-refractivity contribution in [3.63, 3.8) is 0 Å². The number of anilines is 1. The van der Waals surface area contributed by atoms with Crippen LogP contribution in [0.1, 0.15) is 32.3 Å². The molecule has 4 nitrogen and oxygen atoms in total. The SMILES string of the molecule is CC(C)CC(CN)(CCc1ccccc1N)C(=O)O. The van der Waals surface area contributed by atoms with Crippen molar-refractivity contribution in [1.82, 2.24) is 0 Å². The molecule has 0 aliphatic heterocycles. The third-order valence-electron chi connectivity index (χ3n) is 3.57. The molecule has 19 heavy (non-hydrogen) atoms. The second kappa shape index (κ2) is 6.57. The molecule has 1 aromatic carbocycles. The summed E-state index contributed by atoms with van der Waals surface area (Å²) in [7, 11) is 0. The fourth-order valence-electron chi connectivity index (χ4n) is 2.49. The minimum absolute atomic E-state index is 0.160. The molecule has 0 saturated heterocycles. The number of aryl methyl sites for hydroxylation is 1. The van der Waals surface area contributed by atoms with Crippen molar-refractivity contribution in [3.05, 3.63) is 29.8 Å². The predicted molar refractivity (Wildman–Crippen MR) is 77.8 cm³/mol.